The quantitative estimate of drug-likeness (QED) is 0.495. The van der Waals surface area contributed by atoms with Gasteiger partial charge in [-0.25, -0.2) is 0 Å². The van der Waals surface area contributed by atoms with Gasteiger partial charge < -0.3 is 16.3 Å². The van der Waals surface area contributed by atoms with Gasteiger partial charge in [0.1, 0.15) is 0 Å². The maximum atomic E-state index is 4.78. The number of rotatable bonds is 2. The largest absolute Gasteiger partial charge is 0.397 e. The Balaban J connectivity index is -0.000000125. The molecule has 48 valence electrons. The van der Waals surface area contributed by atoms with Crippen LogP contribution in [-0.4, -0.2) is 23.5 Å². The normalized spacial score (nSPS) is 7.50. The summed E-state index contributed by atoms with van der Waals surface area (Å²) in [6.45, 7) is 1.94. The average molecular weight is 209 g/mol. The van der Waals surface area contributed by atoms with Crippen LogP contribution in [-0.2, 0) is 41.6 Å². The van der Waals surface area contributed by atoms with Crippen molar-refractivity contribution in [3.8, 4) is 0 Å². The van der Waals surface area contributed by atoms with Crippen LogP contribution >= 0.6 is 0 Å². The molecule has 0 aliphatic rings. The summed E-state index contributed by atoms with van der Waals surface area (Å²) >= 11 is 0. The first kappa shape index (κ1) is 16.1. The van der Waals surface area contributed by atoms with Gasteiger partial charge in [0.25, 0.3) is 0 Å². The molecule has 0 spiro atoms. The van der Waals surface area contributed by atoms with E-state index >= 15 is 0 Å². The third-order valence-electron chi connectivity index (χ3n) is 0.575. The molecule has 0 aromatic carbocycles. The van der Waals surface area contributed by atoms with Gasteiger partial charge in [-0.3, -0.25) is 0 Å². The molecule has 2 nitrogen and oxygen atoms in total. The minimum Gasteiger partial charge on any atom is -0.397 e. The predicted octanol–water partition coefficient (Wildman–Crippen LogP) is 0.845. The predicted molar refractivity (Wildman–Crippen MR) is 32.0 cm³/mol. The average Bonchev–Trinajstić information content (AvgIpc) is 1.65. The Kier molecular flexibility index (Phi) is 22.3. The molecule has 0 amide bonds. The first-order valence-corrected chi connectivity index (χ1v) is 3.54. The van der Waals surface area contributed by atoms with Gasteiger partial charge in [-0.2, -0.15) is 0 Å². The van der Waals surface area contributed by atoms with Crippen molar-refractivity contribution in [2.24, 2.45) is 0 Å². The molecular formula is C4H12O2SiY-. The third-order valence-corrected chi connectivity index (χ3v) is 1.72. The van der Waals surface area contributed by atoms with Gasteiger partial charge in [-0.1, -0.05) is 0 Å². The maximum absolute atomic E-state index is 4.78. The summed E-state index contributed by atoms with van der Waals surface area (Å²) in [6.07, 6.45) is 0. The summed E-state index contributed by atoms with van der Waals surface area (Å²) in [5, 5.41) is 0. The second-order valence-electron chi connectivity index (χ2n) is 0.900. The summed E-state index contributed by atoms with van der Waals surface area (Å²) in [5.74, 6) is 0. The second-order valence-corrected chi connectivity index (χ2v) is 2.70. The van der Waals surface area contributed by atoms with E-state index in [1.807, 2.05) is 6.55 Å². The van der Waals surface area contributed by atoms with Crippen molar-refractivity contribution < 1.29 is 41.6 Å². The molecule has 0 bridgehead atoms. The molecule has 0 heterocycles. The zero-order valence-corrected chi connectivity index (χ0v) is 9.73. The Bertz CT molecular complexity index is 33.2. The van der Waals surface area contributed by atoms with Crippen molar-refractivity contribution in [2.45, 2.75) is 6.55 Å². The first-order chi connectivity index (χ1) is 2.81. The molecule has 0 saturated heterocycles. The van der Waals surface area contributed by atoms with Crippen molar-refractivity contribution in [1.29, 1.82) is 0 Å². The molecule has 0 aliphatic carbocycles. The van der Waals surface area contributed by atoms with Gasteiger partial charge >= 0.3 is 9.28 Å². The summed E-state index contributed by atoms with van der Waals surface area (Å²) < 4.78 is 9.56. The Morgan fingerprint density at radius 2 is 1.38 bits per heavy atom. The van der Waals surface area contributed by atoms with Crippen molar-refractivity contribution in [3.63, 3.8) is 0 Å². The van der Waals surface area contributed by atoms with E-state index in [4.69, 9.17) is 8.85 Å². The summed E-state index contributed by atoms with van der Waals surface area (Å²) in [4.78, 5) is 0. The van der Waals surface area contributed by atoms with E-state index < -0.39 is 9.28 Å². The van der Waals surface area contributed by atoms with E-state index in [0.29, 0.717) is 0 Å². The van der Waals surface area contributed by atoms with Crippen LogP contribution in [0.25, 0.3) is 0 Å². The van der Waals surface area contributed by atoms with Crippen LogP contribution < -0.4 is 0 Å². The first-order valence-electron chi connectivity index (χ1n) is 1.72. The molecule has 8 heavy (non-hydrogen) atoms. The second kappa shape index (κ2) is 11.1. The molecule has 0 aliphatic heterocycles. The van der Waals surface area contributed by atoms with Crippen molar-refractivity contribution in [3.05, 3.63) is 7.43 Å². The monoisotopic (exact) mass is 209 g/mol. The molecule has 0 aromatic rings. The zero-order valence-electron chi connectivity index (χ0n) is 5.89. The third kappa shape index (κ3) is 10.3. The van der Waals surface area contributed by atoms with E-state index in [0.717, 1.165) is 0 Å². The minimum atomic E-state index is -0.868. The van der Waals surface area contributed by atoms with Crippen LogP contribution in [0, 0.1) is 7.43 Å². The Hall–Kier alpha value is 1.24. The Labute approximate surface area is 78.7 Å². The van der Waals surface area contributed by atoms with E-state index in [-0.39, 0.29) is 40.1 Å². The van der Waals surface area contributed by atoms with Crippen LogP contribution in [0.1, 0.15) is 0 Å². The number of hydrogen-bond donors (Lipinski definition) is 0. The standard InChI is InChI=1S/C3H9O2Si.CH3.Y/c1-4-6(3)5-2;;/h1-3H3;1H3;/q;-1;. The van der Waals surface area contributed by atoms with Crippen LogP contribution in [0.2, 0.25) is 6.55 Å². The molecule has 0 aromatic heterocycles. The van der Waals surface area contributed by atoms with Gasteiger partial charge in [0.2, 0.25) is 0 Å². The molecular weight excluding hydrogens is 197 g/mol. The van der Waals surface area contributed by atoms with E-state index in [1.54, 1.807) is 14.2 Å². The molecule has 0 unspecified atom stereocenters. The van der Waals surface area contributed by atoms with E-state index in [2.05, 4.69) is 0 Å². The SMILES string of the molecule is CO[Si](C)OC.[CH3-].[Y]. The van der Waals surface area contributed by atoms with Crippen LogP contribution in [0.3, 0.4) is 0 Å². The van der Waals surface area contributed by atoms with Crippen molar-refractivity contribution >= 4 is 9.28 Å². The molecule has 0 N–H and O–H groups in total. The van der Waals surface area contributed by atoms with Gasteiger partial charge in [-0.15, -0.1) is 0 Å². The van der Waals surface area contributed by atoms with Gasteiger partial charge in [0, 0.05) is 46.9 Å². The van der Waals surface area contributed by atoms with Crippen molar-refractivity contribution in [1.82, 2.24) is 0 Å². The van der Waals surface area contributed by atoms with Gasteiger partial charge in [0.15, 0.2) is 0 Å². The minimum absolute atomic E-state index is 0. The summed E-state index contributed by atoms with van der Waals surface area (Å²) in [6, 6.07) is 0. The molecule has 0 fully saturated rings. The summed E-state index contributed by atoms with van der Waals surface area (Å²) in [7, 11) is 2.43. The number of hydrogen-bond acceptors (Lipinski definition) is 2. The van der Waals surface area contributed by atoms with Crippen LogP contribution in [0.15, 0.2) is 0 Å². The fourth-order valence-corrected chi connectivity index (χ4v) is 0.250. The van der Waals surface area contributed by atoms with E-state index in [1.165, 1.54) is 0 Å². The zero-order chi connectivity index (χ0) is 4.99. The van der Waals surface area contributed by atoms with Crippen molar-refractivity contribution in [2.75, 3.05) is 14.2 Å². The Morgan fingerprint density at radius 1 is 1.12 bits per heavy atom. The molecule has 0 atom stereocenters. The topological polar surface area (TPSA) is 18.5 Å². The molecule has 4 heteroatoms. The van der Waals surface area contributed by atoms with Crippen LogP contribution in [0.5, 0.6) is 0 Å². The molecule has 2 radical (unpaired) electrons. The van der Waals surface area contributed by atoms with Gasteiger partial charge in [0.05, 0.1) is 0 Å². The summed E-state index contributed by atoms with van der Waals surface area (Å²) in [5.41, 5.74) is 0. The molecule has 0 saturated carbocycles. The van der Waals surface area contributed by atoms with E-state index in [9.17, 15) is 0 Å². The Morgan fingerprint density at radius 3 is 1.38 bits per heavy atom. The smallest absolute Gasteiger partial charge is 0.380 e. The maximum Gasteiger partial charge on any atom is 0.380 e. The van der Waals surface area contributed by atoms with Crippen LogP contribution in [0.4, 0.5) is 0 Å². The fraction of sp³-hybridized carbons (Fsp3) is 0.750. The molecule has 0 rings (SSSR count). The fourth-order valence-electron chi connectivity index (χ4n) is 0.0833. The van der Waals surface area contributed by atoms with Gasteiger partial charge in [-0.05, 0) is 6.55 Å².